The lowest BCUT2D eigenvalue weighted by Crippen LogP contribution is -2.07. The first kappa shape index (κ1) is 15.4. The molecule has 0 saturated heterocycles. The van der Waals surface area contributed by atoms with Crippen molar-refractivity contribution in [2.75, 3.05) is 19.5 Å². The fraction of sp³-hybridized carbons (Fsp3) is 0.412. The van der Waals surface area contributed by atoms with Gasteiger partial charge in [0.2, 0.25) is 0 Å². The van der Waals surface area contributed by atoms with E-state index in [9.17, 15) is 0 Å². The Hall–Kier alpha value is -1.94. The maximum atomic E-state index is 5.18. The third-order valence-corrected chi connectivity index (χ3v) is 3.45. The summed E-state index contributed by atoms with van der Waals surface area (Å²) in [6.45, 7) is 6.95. The minimum atomic E-state index is 0.390. The predicted octanol–water partition coefficient (Wildman–Crippen LogP) is 3.76. The predicted molar refractivity (Wildman–Crippen MR) is 86.6 cm³/mol. The highest BCUT2D eigenvalue weighted by atomic mass is 16.5. The number of nitrogens with one attached hydrogen (secondary N) is 1. The van der Waals surface area contributed by atoms with Crippen LogP contribution in [0.4, 0.5) is 5.82 Å². The number of nitrogens with zero attached hydrogens (tertiary/aromatic N) is 2. The molecule has 0 aliphatic heterocycles. The highest BCUT2D eigenvalue weighted by Crippen LogP contribution is 2.28. The number of rotatable bonds is 5. The van der Waals surface area contributed by atoms with Crippen LogP contribution in [0.15, 0.2) is 24.3 Å². The van der Waals surface area contributed by atoms with Crippen LogP contribution in [-0.2, 0) is 11.3 Å². The molecule has 1 heterocycles. The van der Waals surface area contributed by atoms with Gasteiger partial charge in [-0.3, -0.25) is 0 Å². The van der Waals surface area contributed by atoms with E-state index in [-0.39, 0.29) is 0 Å². The van der Waals surface area contributed by atoms with E-state index in [1.807, 2.05) is 32.2 Å². The van der Waals surface area contributed by atoms with Crippen molar-refractivity contribution in [3.63, 3.8) is 0 Å². The second kappa shape index (κ2) is 6.68. The molecular weight excluding hydrogens is 262 g/mol. The van der Waals surface area contributed by atoms with Crippen molar-refractivity contribution < 1.29 is 4.74 Å². The number of aryl methyl sites for hydroxylation is 1. The van der Waals surface area contributed by atoms with Crippen molar-refractivity contribution in [2.24, 2.45) is 0 Å². The normalized spacial score (nSPS) is 11.0. The fourth-order valence-electron chi connectivity index (χ4n) is 2.56. The molecule has 0 amide bonds. The number of hydrogen-bond acceptors (Lipinski definition) is 4. The van der Waals surface area contributed by atoms with Crippen LogP contribution in [-0.4, -0.2) is 24.1 Å². The molecule has 0 aliphatic carbocycles. The summed E-state index contributed by atoms with van der Waals surface area (Å²) in [6, 6.07) is 8.16. The van der Waals surface area contributed by atoms with Gasteiger partial charge in [0.05, 0.1) is 6.61 Å². The van der Waals surface area contributed by atoms with Gasteiger partial charge in [-0.05, 0) is 24.5 Å². The molecule has 112 valence electrons. The van der Waals surface area contributed by atoms with Crippen molar-refractivity contribution in [3.05, 3.63) is 41.1 Å². The molecule has 4 nitrogen and oxygen atoms in total. The van der Waals surface area contributed by atoms with E-state index in [4.69, 9.17) is 4.74 Å². The van der Waals surface area contributed by atoms with Gasteiger partial charge in [0.1, 0.15) is 5.82 Å². The molecule has 0 radical (unpaired) electrons. The Labute approximate surface area is 126 Å². The van der Waals surface area contributed by atoms with Gasteiger partial charge in [0.15, 0.2) is 5.82 Å². The van der Waals surface area contributed by atoms with Gasteiger partial charge in [-0.1, -0.05) is 32.0 Å². The lowest BCUT2D eigenvalue weighted by molar-refractivity contribution is 0.185. The quantitative estimate of drug-likeness (QED) is 0.908. The van der Waals surface area contributed by atoms with Gasteiger partial charge in [0.25, 0.3) is 0 Å². The molecule has 0 unspecified atom stereocenters. The minimum Gasteiger partial charge on any atom is -0.380 e. The van der Waals surface area contributed by atoms with Gasteiger partial charge < -0.3 is 10.1 Å². The molecule has 21 heavy (non-hydrogen) atoms. The molecule has 0 saturated carbocycles. The molecule has 0 aliphatic rings. The van der Waals surface area contributed by atoms with Crippen LogP contribution in [0.25, 0.3) is 11.4 Å². The smallest absolute Gasteiger partial charge is 0.161 e. The minimum absolute atomic E-state index is 0.390. The summed E-state index contributed by atoms with van der Waals surface area (Å²) < 4.78 is 5.18. The van der Waals surface area contributed by atoms with E-state index in [0.717, 1.165) is 28.5 Å². The van der Waals surface area contributed by atoms with E-state index in [1.165, 1.54) is 5.56 Å². The lowest BCUT2D eigenvalue weighted by atomic mass is 10.0. The van der Waals surface area contributed by atoms with Crippen molar-refractivity contribution in [1.82, 2.24) is 9.97 Å². The van der Waals surface area contributed by atoms with E-state index in [2.05, 4.69) is 35.2 Å². The van der Waals surface area contributed by atoms with Gasteiger partial charge in [-0.25, -0.2) is 9.97 Å². The third kappa shape index (κ3) is 3.39. The summed E-state index contributed by atoms with van der Waals surface area (Å²) >= 11 is 0. The first-order chi connectivity index (χ1) is 10.1. The summed E-state index contributed by atoms with van der Waals surface area (Å²) in [5.41, 5.74) is 4.33. The SMILES string of the molecule is CNc1nc(-c2cccc(COC)c2)nc(C)c1C(C)C. The summed E-state index contributed by atoms with van der Waals surface area (Å²) in [5, 5.41) is 3.19. The van der Waals surface area contributed by atoms with Crippen LogP contribution in [0.5, 0.6) is 0 Å². The first-order valence-corrected chi connectivity index (χ1v) is 7.21. The summed E-state index contributed by atoms with van der Waals surface area (Å²) in [6.07, 6.45) is 0. The van der Waals surface area contributed by atoms with Crippen LogP contribution >= 0.6 is 0 Å². The Morgan fingerprint density at radius 2 is 2.00 bits per heavy atom. The van der Waals surface area contributed by atoms with Crippen LogP contribution < -0.4 is 5.32 Å². The van der Waals surface area contributed by atoms with Gasteiger partial charge in [-0.15, -0.1) is 0 Å². The molecule has 0 fully saturated rings. The first-order valence-electron chi connectivity index (χ1n) is 7.21. The van der Waals surface area contributed by atoms with Crippen LogP contribution in [0.1, 0.15) is 36.6 Å². The molecule has 0 spiro atoms. The summed E-state index contributed by atoms with van der Waals surface area (Å²) in [5.74, 6) is 2.05. The second-order valence-corrected chi connectivity index (χ2v) is 5.43. The Morgan fingerprint density at radius 1 is 1.24 bits per heavy atom. The monoisotopic (exact) mass is 285 g/mol. The number of hydrogen-bond donors (Lipinski definition) is 1. The Bertz CT molecular complexity index is 623. The van der Waals surface area contributed by atoms with Gasteiger partial charge >= 0.3 is 0 Å². The molecule has 0 atom stereocenters. The molecule has 1 aromatic carbocycles. The fourth-order valence-corrected chi connectivity index (χ4v) is 2.56. The molecular formula is C17H23N3O. The number of benzene rings is 1. The van der Waals surface area contributed by atoms with Crippen LogP contribution in [0, 0.1) is 6.92 Å². The summed E-state index contributed by atoms with van der Waals surface area (Å²) in [7, 11) is 3.60. The third-order valence-electron chi connectivity index (χ3n) is 3.45. The maximum absolute atomic E-state index is 5.18. The largest absolute Gasteiger partial charge is 0.380 e. The van der Waals surface area contributed by atoms with Crippen molar-refractivity contribution >= 4 is 5.82 Å². The number of ether oxygens (including phenoxy) is 1. The average Bonchev–Trinajstić information content (AvgIpc) is 2.46. The van der Waals surface area contributed by atoms with E-state index in [0.29, 0.717) is 12.5 Å². The Morgan fingerprint density at radius 3 is 2.62 bits per heavy atom. The number of anilines is 1. The number of methoxy groups -OCH3 is 1. The van der Waals surface area contributed by atoms with Crippen molar-refractivity contribution in [1.29, 1.82) is 0 Å². The molecule has 4 heteroatoms. The molecule has 2 rings (SSSR count). The maximum Gasteiger partial charge on any atom is 0.161 e. The second-order valence-electron chi connectivity index (χ2n) is 5.43. The molecule has 1 aromatic heterocycles. The van der Waals surface area contributed by atoms with E-state index >= 15 is 0 Å². The Balaban J connectivity index is 2.50. The topological polar surface area (TPSA) is 47.0 Å². The van der Waals surface area contributed by atoms with Crippen molar-refractivity contribution in [2.45, 2.75) is 33.3 Å². The average molecular weight is 285 g/mol. The molecule has 1 N–H and O–H groups in total. The zero-order valence-corrected chi connectivity index (χ0v) is 13.4. The highest BCUT2D eigenvalue weighted by Gasteiger charge is 2.14. The van der Waals surface area contributed by atoms with Gasteiger partial charge in [0, 0.05) is 31.0 Å². The Kier molecular flexibility index (Phi) is 4.91. The molecule has 0 bridgehead atoms. The van der Waals surface area contributed by atoms with E-state index in [1.54, 1.807) is 7.11 Å². The zero-order valence-electron chi connectivity index (χ0n) is 13.4. The van der Waals surface area contributed by atoms with Crippen molar-refractivity contribution in [3.8, 4) is 11.4 Å². The van der Waals surface area contributed by atoms with Crippen LogP contribution in [0.2, 0.25) is 0 Å². The van der Waals surface area contributed by atoms with Crippen LogP contribution in [0.3, 0.4) is 0 Å². The van der Waals surface area contributed by atoms with E-state index < -0.39 is 0 Å². The number of aromatic nitrogens is 2. The zero-order chi connectivity index (χ0) is 15.4. The summed E-state index contributed by atoms with van der Waals surface area (Å²) in [4.78, 5) is 9.36. The lowest BCUT2D eigenvalue weighted by Gasteiger charge is -2.15. The molecule has 2 aromatic rings. The standard InChI is InChI=1S/C17H23N3O/c1-11(2)15-12(3)19-16(20-17(15)18-4)14-8-6-7-13(9-14)10-21-5/h6-9,11H,10H2,1-5H3,(H,18,19,20). The highest BCUT2D eigenvalue weighted by molar-refractivity contribution is 5.61. The van der Waals surface area contributed by atoms with Gasteiger partial charge in [-0.2, -0.15) is 0 Å².